The summed E-state index contributed by atoms with van der Waals surface area (Å²) in [7, 11) is 0. The molecule has 4 rings (SSSR count). The highest BCUT2D eigenvalue weighted by atomic mass is 19.1. The number of carbonyl (C=O) groups excluding carboxylic acids is 2. The topological polar surface area (TPSA) is 79.5 Å². The number of halogens is 2. The largest absolute Gasteiger partial charge is 0.493 e. The van der Waals surface area contributed by atoms with Crippen LogP contribution in [0.25, 0.3) is 0 Å². The molecule has 2 atom stereocenters. The second-order valence-corrected chi connectivity index (χ2v) is 6.51. The quantitative estimate of drug-likeness (QED) is 0.773. The van der Waals surface area contributed by atoms with Crippen LogP contribution in [0, 0.1) is 11.6 Å². The number of amides is 3. The van der Waals surface area contributed by atoms with Crippen LogP contribution in [0.1, 0.15) is 17.0 Å². The summed E-state index contributed by atoms with van der Waals surface area (Å²) in [5.74, 6) is -1.30. The van der Waals surface area contributed by atoms with Crippen molar-refractivity contribution < 1.29 is 23.1 Å². The summed E-state index contributed by atoms with van der Waals surface area (Å²) in [6.45, 7) is 0.721. The number of fused-ring (bicyclic) bond motifs is 1. The van der Waals surface area contributed by atoms with Crippen molar-refractivity contribution in [3.05, 3.63) is 59.2 Å². The standard InChI is InChI=1S/C19H17F2N3O3/c20-11-1-3-12(4-2-11)23-19(26)24-17-14(9-22-18(17)25)13-7-10-5-6-27-16(10)8-15(13)21/h1-4,7-8,14,17H,5-6,9H2,(H,22,25)(H2,23,24,26). The third-order valence-corrected chi connectivity index (χ3v) is 4.78. The number of urea groups is 1. The fraction of sp³-hybridized carbons (Fsp3) is 0.263. The first-order valence-electron chi connectivity index (χ1n) is 8.57. The molecule has 2 aromatic carbocycles. The maximum atomic E-state index is 14.5. The molecule has 8 heteroatoms. The molecule has 2 aliphatic rings. The molecule has 3 N–H and O–H groups in total. The molecule has 0 saturated carbocycles. The second kappa shape index (κ2) is 6.86. The van der Waals surface area contributed by atoms with E-state index in [1.165, 1.54) is 30.3 Å². The second-order valence-electron chi connectivity index (χ2n) is 6.51. The van der Waals surface area contributed by atoms with E-state index < -0.39 is 29.6 Å². The van der Waals surface area contributed by atoms with E-state index in [1.54, 1.807) is 6.07 Å². The van der Waals surface area contributed by atoms with Crippen molar-refractivity contribution in [2.45, 2.75) is 18.4 Å². The van der Waals surface area contributed by atoms with Crippen LogP contribution < -0.4 is 20.7 Å². The predicted octanol–water partition coefficient (Wildman–Crippen LogP) is 2.30. The zero-order valence-electron chi connectivity index (χ0n) is 14.2. The van der Waals surface area contributed by atoms with E-state index in [-0.39, 0.29) is 12.5 Å². The molecule has 2 heterocycles. The Bertz CT molecular complexity index is 902. The number of anilines is 1. The molecule has 0 aliphatic carbocycles. The summed E-state index contributed by atoms with van der Waals surface area (Å²) in [6.07, 6.45) is 0.680. The summed E-state index contributed by atoms with van der Waals surface area (Å²) in [5.41, 5.74) is 1.63. The number of carbonyl (C=O) groups is 2. The van der Waals surface area contributed by atoms with Crippen LogP contribution in [0.3, 0.4) is 0 Å². The molecule has 3 amide bonds. The minimum Gasteiger partial charge on any atom is -0.493 e. The molecule has 6 nitrogen and oxygen atoms in total. The average Bonchev–Trinajstić information content (AvgIpc) is 3.23. The Morgan fingerprint density at radius 3 is 2.74 bits per heavy atom. The van der Waals surface area contributed by atoms with Gasteiger partial charge in [0, 0.05) is 30.6 Å². The fourth-order valence-corrected chi connectivity index (χ4v) is 3.42. The lowest BCUT2D eigenvalue weighted by Gasteiger charge is -2.20. The first kappa shape index (κ1) is 17.3. The first-order valence-corrected chi connectivity index (χ1v) is 8.57. The Hall–Kier alpha value is -3.16. The molecule has 1 fully saturated rings. The molecule has 1 saturated heterocycles. The highest BCUT2D eigenvalue weighted by Crippen LogP contribution is 2.33. The maximum Gasteiger partial charge on any atom is 0.319 e. The van der Waals surface area contributed by atoms with Gasteiger partial charge in [-0.15, -0.1) is 0 Å². The van der Waals surface area contributed by atoms with Crippen molar-refractivity contribution >= 4 is 17.6 Å². The first-order chi connectivity index (χ1) is 13.0. The normalized spacial score (nSPS) is 20.6. The van der Waals surface area contributed by atoms with E-state index in [0.717, 1.165) is 5.56 Å². The van der Waals surface area contributed by atoms with Gasteiger partial charge < -0.3 is 20.7 Å². The molecule has 0 radical (unpaired) electrons. The van der Waals surface area contributed by atoms with Crippen LogP contribution in [-0.2, 0) is 11.2 Å². The molecule has 2 aliphatic heterocycles. The molecular formula is C19H17F2N3O3. The van der Waals surface area contributed by atoms with Crippen LogP contribution in [0.4, 0.5) is 19.3 Å². The summed E-state index contributed by atoms with van der Waals surface area (Å²) >= 11 is 0. The molecule has 27 heavy (non-hydrogen) atoms. The fourth-order valence-electron chi connectivity index (χ4n) is 3.42. The van der Waals surface area contributed by atoms with Gasteiger partial charge in [0.25, 0.3) is 0 Å². The minimum absolute atomic E-state index is 0.219. The number of rotatable bonds is 3. The van der Waals surface area contributed by atoms with Crippen LogP contribution in [0.15, 0.2) is 36.4 Å². The number of benzene rings is 2. The predicted molar refractivity (Wildman–Crippen MR) is 93.7 cm³/mol. The van der Waals surface area contributed by atoms with Gasteiger partial charge in [-0.2, -0.15) is 0 Å². The molecule has 0 bridgehead atoms. The Morgan fingerprint density at radius 2 is 1.96 bits per heavy atom. The Labute approximate surface area is 153 Å². The Morgan fingerprint density at radius 1 is 1.19 bits per heavy atom. The summed E-state index contributed by atoms with van der Waals surface area (Å²) in [4.78, 5) is 24.4. The van der Waals surface area contributed by atoms with Gasteiger partial charge >= 0.3 is 6.03 Å². The Kier molecular flexibility index (Phi) is 4.39. The van der Waals surface area contributed by atoms with Crippen LogP contribution in [-0.4, -0.2) is 31.1 Å². The highest BCUT2D eigenvalue weighted by molar-refractivity contribution is 5.95. The number of nitrogens with one attached hydrogen (secondary N) is 3. The van der Waals surface area contributed by atoms with E-state index in [1.807, 2.05) is 0 Å². The number of hydrogen-bond donors (Lipinski definition) is 3. The van der Waals surface area contributed by atoms with Crippen LogP contribution >= 0.6 is 0 Å². The van der Waals surface area contributed by atoms with Crippen molar-refractivity contribution in [2.75, 3.05) is 18.5 Å². The van der Waals surface area contributed by atoms with Crippen molar-refractivity contribution in [3.63, 3.8) is 0 Å². The molecule has 140 valence electrons. The minimum atomic E-state index is -0.916. The van der Waals surface area contributed by atoms with Gasteiger partial charge in [-0.1, -0.05) is 0 Å². The van der Waals surface area contributed by atoms with E-state index in [2.05, 4.69) is 16.0 Å². The summed E-state index contributed by atoms with van der Waals surface area (Å²) in [6, 6.07) is 6.72. The average molecular weight is 373 g/mol. The van der Waals surface area contributed by atoms with Crippen molar-refractivity contribution in [1.82, 2.24) is 10.6 Å². The van der Waals surface area contributed by atoms with E-state index in [9.17, 15) is 18.4 Å². The monoisotopic (exact) mass is 373 g/mol. The van der Waals surface area contributed by atoms with Crippen LogP contribution in [0.5, 0.6) is 5.75 Å². The van der Waals surface area contributed by atoms with Crippen molar-refractivity contribution in [3.8, 4) is 5.75 Å². The smallest absolute Gasteiger partial charge is 0.319 e. The van der Waals surface area contributed by atoms with Gasteiger partial charge in [-0.05, 0) is 41.5 Å². The SMILES string of the molecule is O=C(Nc1ccc(F)cc1)NC1C(=O)NCC1c1cc2c(cc1F)OCC2. The van der Waals surface area contributed by atoms with E-state index in [0.29, 0.717) is 30.0 Å². The van der Waals surface area contributed by atoms with Gasteiger partial charge in [0.2, 0.25) is 5.91 Å². The van der Waals surface area contributed by atoms with E-state index >= 15 is 0 Å². The van der Waals surface area contributed by atoms with Crippen LogP contribution in [0.2, 0.25) is 0 Å². The third kappa shape index (κ3) is 3.42. The van der Waals surface area contributed by atoms with Crippen molar-refractivity contribution in [2.24, 2.45) is 0 Å². The van der Waals surface area contributed by atoms with Gasteiger partial charge in [-0.3, -0.25) is 4.79 Å². The van der Waals surface area contributed by atoms with Gasteiger partial charge in [0.15, 0.2) is 0 Å². The van der Waals surface area contributed by atoms with Gasteiger partial charge in [0.05, 0.1) is 6.61 Å². The lowest BCUT2D eigenvalue weighted by molar-refractivity contribution is -0.120. The number of ether oxygens (including phenoxy) is 1. The zero-order valence-corrected chi connectivity index (χ0v) is 14.2. The maximum absolute atomic E-state index is 14.5. The molecule has 0 aromatic heterocycles. The Balaban J connectivity index is 1.52. The summed E-state index contributed by atoms with van der Waals surface area (Å²) < 4.78 is 32.8. The zero-order chi connectivity index (χ0) is 19.0. The number of hydrogen-bond acceptors (Lipinski definition) is 3. The van der Waals surface area contributed by atoms with E-state index in [4.69, 9.17) is 4.74 Å². The van der Waals surface area contributed by atoms with Crippen molar-refractivity contribution in [1.29, 1.82) is 0 Å². The highest BCUT2D eigenvalue weighted by Gasteiger charge is 2.38. The van der Waals surface area contributed by atoms with Gasteiger partial charge in [0.1, 0.15) is 23.4 Å². The molecular weight excluding hydrogens is 356 g/mol. The lowest BCUT2D eigenvalue weighted by atomic mass is 9.91. The third-order valence-electron chi connectivity index (χ3n) is 4.78. The molecule has 2 aromatic rings. The summed E-state index contributed by atoms with van der Waals surface area (Å²) in [5, 5.41) is 7.78. The molecule has 0 spiro atoms. The molecule has 2 unspecified atom stereocenters. The van der Waals surface area contributed by atoms with Gasteiger partial charge in [-0.25, -0.2) is 13.6 Å². The lowest BCUT2D eigenvalue weighted by Crippen LogP contribution is -2.44.